The number of aliphatic carboxylic acids is 1. The summed E-state index contributed by atoms with van der Waals surface area (Å²) in [5, 5.41) is 10.1. The van der Waals surface area contributed by atoms with Crippen molar-refractivity contribution in [2.45, 2.75) is 63.1 Å². The maximum atomic E-state index is 13.6. The molecule has 1 aromatic heterocycles. The maximum absolute atomic E-state index is 13.6. The van der Waals surface area contributed by atoms with E-state index in [-0.39, 0.29) is 24.9 Å². The van der Waals surface area contributed by atoms with E-state index in [1.165, 1.54) is 6.07 Å². The van der Waals surface area contributed by atoms with Gasteiger partial charge in [-0.2, -0.15) is 13.2 Å². The van der Waals surface area contributed by atoms with Crippen molar-refractivity contribution in [3.8, 4) is 5.75 Å². The lowest BCUT2D eigenvalue weighted by molar-refractivity contribution is -0.139. The number of aromatic amines is 1. The van der Waals surface area contributed by atoms with Gasteiger partial charge >= 0.3 is 12.1 Å². The Morgan fingerprint density at radius 1 is 1.12 bits per heavy atom. The molecule has 168 valence electrons. The average molecular weight is 443 g/mol. The van der Waals surface area contributed by atoms with Crippen LogP contribution in [0.25, 0.3) is 10.9 Å². The molecule has 0 saturated heterocycles. The second kappa shape index (κ2) is 7.87. The van der Waals surface area contributed by atoms with Crippen LogP contribution in [0.1, 0.15) is 71.9 Å². The molecule has 32 heavy (non-hydrogen) atoms. The fraction of sp³-hybridized carbons (Fsp3) is 0.400. The maximum Gasteiger partial charge on any atom is 0.416 e. The van der Waals surface area contributed by atoms with Crippen molar-refractivity contribution < 1.29 is 27.8 Å². The lowest BCUT2D eigenvalue weighted by Gasteiger charge is -2.29. The number of carboxylic acid groups (broad SMARTS) is 1. The van der Waals surface area contributed by atoms with Gasteiger partial charge in [0.05, 0.1) is 12.0 Å². The molecule has 0 spiro atoms. The van der Waals surface area contributed by atoms with Crippen molar-refractivity contribution in [3.05, 3.63) is 64.3 Å². The van der Waals surface area contributed by atoms with Crippen molar-refractivity contribution in [1.29, 1.82) is 0 Å². The first kappa shape index (κ1) is 20.9. The molecule has 1 unspecified atom stereocenters. The largest absolute Gasteiger partial charge is 0.489 e. The van der Waals surface area contributed by atoms with E-state index >= 15 is 0 Å². The van der Waals surface area contributed by atoms with Crippen LogP contribution in [0.2, 0.25) is 0 Å². The predicted molar refractivity (Wildman–Crippen MR) is 114 cm³/mol. The van der Waals surface area contributed by atoms with Crippen LogP contribution < -0.4 is 4.74 Å². The van der Waals surface area contributed by atoms with Crippen LogP contribution in [0.5, 0.6) is 5.75 Å². The second-order valence-corrected chi connectivity index (χ2v) is 8.89. The summed E-state index contributed by atoms with van der Waals surface area (Å²) in [6.07, 6.45) is -0.0777. The minimum Gasteiger partial charge on any atom is -0.489 e. The molecule has 0 bridgehead atoms. The standard InChI is InChI=1S/C25H24F3NO3/c26-25(27,28)21-10-14(4-7-18(21)15-2-1-3-15)13-32-17-6-9-22-20(12-17)19-8-5-16(11-23(30)31)24(19)29-22/h4,6-7,9-10,12,15-16,29H,1-3,5,8,11,13H2,(H,30,31). The van der Waals surface area contributed by atoms with Crippen molar-refractivity contribution in [3.63, 3.8) is 0 Å². The number of halogens is 3. The summed E-state index contributed by atoms with van der Waals surface area (Å²) in [5.41, 5.74) is 3.34. The Hall–Kier alpha value is -2.96. The minimum atomic E-state index is -4.38. The molecular formula is C25H24F3NO3. The van der Waals surface area contributed by atoms with Gasteiger partial charge in [-0.25, -0.2) is 0 Å². The van der Waals surface area contributed by atoms with Crippen LogP contribution in [0, 0.1) is 0 Å². The van der Waals surface area contributed by atoms with Crippen LogP contribution in [0.3, 0.4) is 0 Å². The van der Waals surface area contributed by atoms with Gasteiger partial charge in [-0.1, -0.05) is 18.6 Å². The molecule has 3 aromatic rings. The number of nitrogens with one attached hydrogen (secondary N) is 1. The summed E-state index contributed by atoms with van der Waals surface area (Å²) < 4.78 is 46.7. The van der Waals surface area contributed by atoms with Gasteiger partial charge in [-0.3, -0.25) is 4.79 Å². The fourth-order valence-electron chi connectivity index (χ4n) is 5.01. The lowest BCUT2D eigenvalue weighted by Crippen LogP contribution is -2.17. The minimum absolute atomic E-state index is 0.00430. The number of H-pyrrole nitrogens is 1. The van der Waals surface area contributed by atoms with Gasteiger partial charge in [0, 0.05) is 22.5 Å². The number of benzene rings is 2. The number of hydrogen-bond acceptors (Lipinski definition) is 2. The monoisotopic (exact) mass is 443 g/mol. The number of aromatic nitrogens is 1. The van der Waals surface area contributed by atoms with Crippen molar-refractivity contribution >= 4 is 16.9 Å². The number of alkyl halides is 3. The number of hydrogen-bond donors (Lipinski definition) is 2. The molecule has 1 fully saturated rings. The van der Waals surface area contributed by atoms with Crippen molar-refractivity contribution in [1.82, 2.24) is 4.98 Å². The van der Waals surface area contributed by atoms with E-state index < -0.39 is 17.7 Å². The number of fused-ring (bicyclic) bond motifs is 3. The van der Waals surface area contributed by atoms with E-state index in [1.807, 2.05) is 12.1 Å². The number of ether oxygens (including phenoxy) is 1. The number of rotatable bonds is 6. The van der Waals surface area contributed by atoms with E-state index in [1.54, 1.807) is 18.2 Å². The van der Waals surface area contributed by atoms with Gasteiger partial charge in [-0.15, -0.1) is 0 Å². The highest BCUT2D eigenvalue weighted by atomic mass is 19.4. The Bertz CT molecular complexity index is 1180. The van der Waals surface area contributed by atoms with Gasteiger partial charge in [0.25, 0.3) is 0 Å². The summed E-state index contributed by atoms with van der Waals surface area (Å²) >= 11 is 0. The Balaban J connectivity index is 1.36. The van der Waals surface area contributed by atoms with Gasteiger partial charge in [0.2, 0.25) is 0 Å². The van der Waals surface area contributed by atoms with Gasteiger partial charge in [-0.05, 0) is 72.6 Å². The number of carbonyl (C=O) groups is 1. The third-order valence-electron chi connectivity index (χ3n) is 6.86. The molecule has 1 heterocycles. The fourth-order valence-corrected chi connectivity index (χ4v) is 5.01. The zero-order valence-electron chi connectivity index (χ0n) is 17.5. The van der Waals surface area contributed by atoms with Crippen LogP contribution in [0.4, 0.5) is 13.2 Å². The molecule has 1 saturated carbocycles. The van der Waals surface area contributed by atoms with Crippen molar-refractivity contribution in [2.24, 2.45) is 0 Å². The zero-order valence-corrected chi connectivity index (χ0v) is 17.5. The third kappa shape index (κ3) is 3.85. The highest BCUT2D eigenvalue weighted by Gasteiger charge is 2.36. The van der Waals surface area contributed by atoms with E-state index in [0.29, 0.717) is 16.9 Å². The SMILES string of the molecule is O=C(O)CC1CCc2c1[nH]c1ccc(OCc3ccc(C4CCC4)c(C(F)(F)F)c3)cc21. The quantitative estimate of drug-likeness (QED) is 0.455. The highest BCUT2D eigenvalue weighted by molar-refractivity contribution is 5.87. The molecule has 2 aliphatic rings. The molecular weight excluding hydrogens is 419 g/mol. The summed E-state index contributed by atoms with van der Waals surface area (Å²) in [7, 11) is 0. The normalized spacial score (nSPS) is 18.5. The third-order valence-corrected chi connectivity index (χ3v) is 6.86. The second-order valence-electron chi connectivity index (χ2n) is 8.89. The lowest BCUT2D eigenvalue weighted by atomic mass is 9.78. The first-order valence-electron chi connectivity index (χ1n) is 11.0. The molecule has 0 radical (unpaired) electrons. The van der Waals surface area contributed by atoms with E-state index in [9.17, 15) is 18.0 Å². The van der Waals surface area contributed by atoms with E-state index in [4.69, 9.17) is 9.84 Å². The number of carboxylic acids is 1. The highest BCUT2D eigenvalue weighted by Crippen LogP contribution is 2.44. The Kier molecular flexibility index (Phi) is 5.14. The molecule has 1 atom stereocenters. The molecule has 7 heteroatoms. The molecule has 4 nitrogen and oxygen atoms in total. The van der Waals surface area contributed by atoms with Crippen LogP contribution in [-0.2, 0) is 24.0 Å². The molecule has 2 aliphatic carbocycles. The van der Waals surface area contributed by atoms with Crippen LogP contribution in [-0.4, -0.2) is 16.1 Å². The van der Waals surface area contributed by atoms with Gasteiger partial charge in [0.1, 0.15) is 12.4 Å². The summed E-state index contributed by atoms with van der Waals surface area (Å²) in [6.45, 7) is 0.0494. The van der Waals surface area contributed by atoms with E-state index in [0.717, 1.165) is 54.3 Å². The molecule has 2 N–H and O–H groups in total. The Morgan fingerprint density at radius 2 is 1.94 bits per heavy atom. The van der Waals surface area contributed by atoms with Crippen molar-refractivity contribution in [2.75, 3.05) is 0 Å². The Morgan fingerprint density at radius 3 is 2.62 bits per heavy atom. The predicted octanol–water partition coefficient (Wildman–Crippen LogP) is 6.54. The van der Waals surface area contributed by atoms with Gasteiger partial charge in [0.15, 0.2) is 0 Å². The molecule has 2 aromatic carbocycles. The number of aryl methyl sites for hydroxylation is 1. The molecule has 0 aliphatic heterocycles. The summed E-state index contributed by atoms with van der Waals surface area (Å²) in [5.74, 6) is -0.247. The zero-order chi connectivity index (χ0) is 22.5. The van der Waals surface area contributed by atoms with Crippen LogP contribution in [0.15, 0.2) is 36.4 Å². The first-order chi connectivity index (χ1) is 15.3. The first-order valence-corrected chi connectivity index (χ1v) is 11.0. The average Bonchev–Trinajstić information content (AvgIpc) is 3.24. The van der Waals surface area contributed by atoms with Gasteiger partial charge < -0.3 is 14.8 Å². The topological polar surface area (TPSA) is 62.3 Å². The Labute approximate surface area is 183 Å². The van der Waals surface area contributed by atoms with Crippen LogP contribution >= 0.6 is 0 Å². The molecule has 0 amide bonds. The van der Waals surface area contributed by atoms with E-state index in [2.05, 4.69) is 4.98 Å². The summed E-state index contributed by atoms with van der Waals surface area (Å²) in [4.78, 5) is 14.5. The smallest absolute Gasteiger partial charge is 0.416 e. The summed E-state index contributed by atoms with van der Waals surface area (Å²) in [6, 6.07) is 10.1. The molecule has 5 rings (SSSR count).